The zero-order valence-corrected chi connectivity index (χ0v) is 13.2. The number of alkyl carbamates (subject to hydrolysis) is 1. The third-order valence-electron chi connectivity index (χ3n) is 3.31. The molecule has 0 aromatic heterocycles. The Labute approximate surface area is 133 Å². The first-order chi connectivity index (χ1) is 10.6. The highest BCUT2D eigenvalue weighted by Gasteiger charge is 2.31. The molecule has 1 rings (SSSR count). The van der Waals surface area contributed by atoms with Crippen molar-refractivity contribution in [3.8, 4) is 0 Å². The molecule has 130 valence electrons. The second-order valence-electron chi connectivity index (χ2n) is 5.92. The van der Waals surface area contributed by atoms with Crippen molar-refractivity contribution in [1.82, 2.24) is 5.32 Å². The van der Waals surface area contributed by atoms with Crippen LogP contribution in [0.4, 0.5) is 18.0 Å². The SMILES string of the molecule is CC(C)(O)C(CCCC(F)(F)F)NC(=O)OCc1ccccc1. The van der Waals surface area contributed by atoms with Gasteiger partial charge in [-0.05, 0) is 32.3 Å². The minimum absolute atomic E-state index is 0.00342. The summed E-state index contributed by atoms with van der Waals surface area (Å²) in [6.07, 6.45) is -6.16. The topological polar surface area (TPSA) is 58.6 Å². The number of carbonyl (C=O) groups is 1. The average molecular weight is 333 g/mol. The fourth-order valence-electron chi connectivity index (χ4n) is 2.02. The maximum Gasteiger partial charge on any atom is 0.407 e. The lowest BCUT2D eigenvalue weighted by molar-refractivity contribution is -0.136. The summed E-state index contributed by atoms with van der Waals surface area (Å²) < 4.78 is 41.6. The minimum Gasteiger partial charge on any atom is -0.445 e. The summed E-state index contributed by atoms with van der Waals surface area (Å²) in [6.45, 7) is 2.92. The zero-order chi connectivity index (χ0) is 17.5. The Morgan fingerprint density at radius 1 is 1.26 bits per heavy atom. The molecule has 1 amide bonds. The van der Waals surface area contributed by atoms with E-state index in [0.717, 1.165) is 5.56 Å². The van der Waals surface area contributed by atoms with Gasteiger partial charge in [0.1, 0.15) is 6.61 Å². The van der Waals surface area contributed by atoms with Crippen LogP contribution in [0.5, 0.6) is 0 Å². The van der Waals surface area contributed by atoms with Gasteiger partial charge < -0.3 is 15.2 Å². The monoisotopic (exact) mass is 333 g/mol. The second kappa shape index (κ2) is 8.19. The van der Waals surface area contributed by atoms with E-state index in [4.69, 9.17) is 4.74 Å². The predicted octanol–water partition coefficient (Wildman–Crippen LogP) is 3.78. The first-order valence-electron chi connectivity index (χ1n) is 7.34. The minimum atomic E-state index is -4.25. The average Bonchev–Trinajstić information content (AvgIpc) is 2.43. The molecule has 0 radical (unpaired) electrons. The number of alkyl halides is 3. The van der Waals surface area contributed by atoms with Gasteiger partial charge in [-0.15, -0.1) is 0 Å². The van der Waals surface area contributed by atoms with Crippen molar-refractivity contribution < 1.29 is 27.8 Å². The van der Waals surface area contributed by atoms with Crippen molar-refractivity contribution in [3.63, 3.8) is 0 Å². The van der Waals surface area contributed by atoms with E-state index < -0.39 is 30.3 Å². The quantitative estimate of drug-likeness (QED) is 0.798. The van der Waals surface area contributed by atoms with Gasteiger partial charge in [0.2, 0.25) is 0 Å². The summed E-state index contributed by atoms with van der Waals surface area (Å²) in [6, 6.07) is 8.16. The molecule has 0 heterocycles. The third-order valence-corrected chi connectivity index (χ3v) is 3.31. The lowest BCUT2D eigenvalue weighted by Gasteiger charge is -2.30. The van der Waals surface area contributed by atoms with Crippen molar-refractivity contribution in [1.29, 1.82) is 0 Å². The van der Waals surface area contributed by atoms with E-state index >= 15 is 0 Å². The van der Waals surface area contributed by atoms with Crippen molar-refractivity contribution >= 4 is 6.09 Å². The highest BCUT2D eigenvalue weighted by Crippen LogP contribution is 2.24. The molecule has 0 bridgehead atoms. The van der Waals surface area contributed by atoms with Gasteiger partial charge in [-0.3, -0.25) is 0 Å². The van der Waals surface area contributed by atoms with Gasteiger partial charge in [0.15, 0.2) is 0 Å². The number of amides is 1. The van der Waals surface area contributed by atoms with Gasteiger partial charge in [0.05, 0.1) is 11.6 Å². The molecular formula is C16H22F3NO3. The number of aliphatic hydroxyl groups is 1. The summed E-state index contributed by atoms with van der Waals surface area (Å²) >= 11 is 0. The van der Waals surface area contributed by atoms with Crippen LogP contribution in [-0.4, -0.2) is 29.0 Å². The van der Waals surface area contributed by atoms with Crippen LogP contribution in [0.3, 0.4) is 0 Å². The molecule has 1 aromatic carbocycles. The van der Waals surface area contributed by atoms with E-state index in [1.54, 1.807) is 24.3 Å². The lowest BCUT2D eigenvalue weighted by Crippen LogP contribution is -2.49. The van der Waals surface area contributed by atoms with Gasteiger partial charge in [0.25, 0.3) is 0 Å². The maximum atomic E-state index is 12.2. The van der Waals surface area contributed by atoms with E-state index in [1.165, 1.54) is 13.8 Å². The number of hydrogen-bond donors (Lipinski definition) is 2. The molecule has 2 N–H and O–H groups in total. The van der Waals surface area contributed by atoms with Crippen molar-refractivity contribution in [2.24, 2.45) is 0 Å². The van der Waals surface area contributed by atoms with Crippen LogP contribution >= 0.6 is 0 Å². The molecule has 23 heavy (non-hydrogen) atoms. The van der Waals surface area contributed by atoms with Gasteiger partial charge in [-0.25, -0.2) is 4.79 Å². The van der Waals surface area contributed by atoms with Crippen molar-refractivity contribution in [2.45, 2.75) is 57.5 Å². The van der Waals surface area contributed by atoms with Gasteiger partial charge in [-0.2, -0.15) is 13.2 Å². The van der Waals surface area contributed by atoms with Crippen LogP contribution in [0.25, 0.3) is 0 Å². The molecule has 1 aromatic rings. The van der Waals surface area contributed by atoms with Crippen LogP contribution in [0.1, 0.15) is 38.7 Å². The van der Waals surface area contributed by atoms with Gasteiger partial charge >= 0.3 is 12.3 Å². The summed E-state index contributed by atoms with van der Waals surface area (Å²) in [5, 5.41) is 12.4. The largest absolute Gasteiger partial charge is 0.445 e. The molecule has 0 saturated heterocycles. The molecule has 0 spiro atoms. The number of benzene rings is 1. The predicted molar refractivity (Wildman–Crippen MR) is 79.8 cm³/mol. The summed E-state index contributed by atoms with van der Waals surface area (Å²) in [5.41, 5.74) is -0.559. The first-order valence-corrected chi connectivity index (χ1v) is 7.34. The third kappa shape index (κ3) is 8.44. The molecular weight excluding hydrogens is 311 g/mol. The summed E-state index contributed by atoms with van der Waals surface area (Å²) in [7, 11) is 0. The maximum absolute atomic E-state index is 12.2. The molecule has 7 heteroatoms. The molecule has 1 atom stereocenters. The van der Waals surface area contributed by atoms with Crippen LogP contribution in [0.15, 0.2) is 30.3 Å². The number of halogens is 3. The Balaban J connectivity index is 2.48. The van der Waals surface area contributed by atoms with E-state index in [-0.39, 0.29) is 19.4 Å². The molecule has 0 aliphatic rings. The van der Waals surface area contributed by atoms with Crippen LogP contribution in [0.2, 0.25) is 0 Å². The van der Waals surface area contributed by atoms with Crippen molar-refractivity contribution in [3.05, 3.63) is 35.9 Å². The molecule has 0 saturated carbocycles. The molecule has 1 unspecified atom stereocenters. The standard InChI is InChI=1S/C16H22F3NO3/c1-15(2,22)13(9-6-10-16(17,18)19)20-14(21)23-11-12-7-4-3-5-8-12/h3-5,7-8,13,22H,6,9-11H2,1-2H3,(H,20,21). The van der Waals surface area contributed by atoms with Crippen LogP contribution < -0.4 is 5.32 Å². The fraction of sp³-hybridized carbons (Fsp3) is 0.562. The fourth-order valence-corrected chi connectivity index (χ4v) is 2.02. The summed E-state index contributed by atoms with van der Waals surface area (Å²) in [4.78, 5) is 11.8. The second-order valence-corrected chi connectivity index (χ2v) is 5.92. The Morgan fingerprint density at radius 3 is 2.39 bits per heavy atom. The Kier molecular flexibility index (Phi) is 6.87. The highest BCUT2D eigenvalue weighted by atomic mass is 19.4. The van der Waals surface area contributed by atoms with E-state index in [1.807, 2.05) is 6.07 Å². The number of carbonyl (C=O) groups excluding carboxylic acids is 1. The molecule has 0 aliphatic heterocycles. The Bertz CT molecular complexity index is 484. The van der Waals surface area contributed by atoms with E-state index in [2.05, 4.69) is 5.32 Å². The van der Waals surface area contributed by atoms with E-state index in [0.29, 0.717) is 0 Å². The van der Waals surface area contributed by atoms with Crippen LogP contribution in [-0.2, 0) is 11.3 Å². The number of hydrogen-bond acceptors (Lipinski definition) is 3. The first kappa shape index (κ1) is 19.3. The van der Waals surface area contributed by atoms with Gasteiger partial charge in [-0.1, -0.05) is 30.3 Å². The smallest absolute Gasteiger partial charge is 0.407 e. The number of nitrogens with one attached hydrogen (secondary N) is 1. The molecule has 0 aliphatic carbocycles. The summed E-state index contributed by atoms with van der Waals surface area (Å²) in [5.74, 6) is 0. The number of ether oxygens (including phenoxy) is 1. The Morgan fingerprint density at radius 2 is 1.87 bits per heavy atom. The van der Waals surface area contributed by atoms with Gasteiger partial charge in [0, 0.05) is 6.42 Å². The lowest BCUT2D eigenvalue weighted by atomic mass is 9.94. The molecule has 4 nitrogen and oxygen atoms in total. The Hall–Kier alpha value is -1.76. The van der Waals surface area contributed by atoms with Crippen molar-refractivity contribution in [2.75, 3.05) is 0 Å². The van der Waals surface area contributed by atoms with Crippen LogP contribution in [0, 0.1) is 0 Å². The van der Waals surface area contributed by atoms with E-state index in [9.17, 15) is 23.1 Å². The number of rotatable bonds is 7. The zero-order valence-electron chi connectivity index (χ0n) is 13.2. The highest BCUT2D eigenvalue weighted by molar-refractivity contribution is 5.67. The molecule has 0 fully saturated rings. The normalized spacial score (nSPS) is 13.5.